The molecule has 0 radical (unpaired) electrons. The first-order valence-corrected chi connectivity index (χ1v) is 10.1. The number of benzene rings is 1. The highest BCUT2D eigenvalue weighted by Gasteiger charge is 2.32. The maximum absolute atomic E-state index is 13.3. The highest BCUT2D eigenvalue weighted by molar-refractivity contribution is 7.19. The molecule has 4 rings (SSSR count). The van der Waals surface area contributed by atoms with Crippen molar-refractivity contribution in [1.29, 1.82) is 0 Å². The number of nitrogens with zero attached hydrogens (tertiary/aromatic N) is 2. The molecule has 0 unspecified atom stereocenters. The first kappa shape index (κ1) is 18.2. The molecule has 0 atom stereocenters. The quantitative estimate of drug-likeness (QED) is 0.692. The highest BCUT2D eigenvalue weighted by atomic mass is 32.1. The van der Waals surface area contributed by atoms with E-state index in [1.165, 1.54) is 15.9 Å². The maximum Gasteiger partial charge on any atom is 0.332 e. The molecule has 0 aliphatic carbocycles. The predicted octanol–water partition coefficient (Wildman–Crippen LogP) is 3.71. The van der Waals surface area contributed by atoms with Gasteiger partial charge in [0, 0.05) is 22.9 Å². The average molecular weight is 385 g/mol. The van der Waals surface area contributed by atoms with Gasteiger partial charge >= 0.3 is 5.69 Å². The average Bonchev–Trinajstić information content (AvgIpc) is 2.96. The van der Waals surface area contributed by atoms with Gasteiger partial charge in [-0.2, -0.15) is 0 Å². The van der Waals surface area contributed by atoms with Crippen molar-refractivity contribution in [2.45, 2.75) is 58.9 Å². The van der Waals surface area contributed by atoms with Crippen LogP contribution in [0.15, 0.2) is 39.9 Å². The van der Waals surface area contributed by atoms with Gasteiger partial charge in [-0.05, 0) is 33.3 Å². The zero-order chi connectivity index (χ0) is 19.3. The molecule has 2 aromatic heterocycles. The van der Waals surface area contributed by atoms with Gasteiger partial charge in [0.2, 0.25) is 0 Å². The lowest BCUT2D eigenvalue weighted by atomic mass is 9.98. The van der Waals surface area contributed by atoms with E-state index < -0.39 is 0 Å². The van der Waals surface area contributed by atoms with Gasteiger partial charge in [-0.3, -0.25) is 13.9 Å². The third kappa shape index (κ3) is 3.07. The Hall–Kier alpha value is -2.18. The fourth-order valence-corrected chi connectivity index (χ4v) is 5.18. The molecule has 3 heterocycles. The van der Waals surface area contributed by atoms with Gasteiger partial charge in [-0.1, -0.05) is 30.3 Å². The molecule has 142 valence electrons. The van der Waals surface area contributed by atoms with Crippen molar-refractivity contribution < 1.29 is 4.74 Å². The smallest absolute Gasteiger partial charge is 0.332 e. The zero-order valence-electron chi connectivity index (χ0n) is 16.1. The summed E-state index contributed by atoms with van der Waals surface area (Å²) in [6, 6.07) is 9.59. The summed E-state index contributed by atoms with van der Waals surface area (Å²) in [5, 5.41) is 0. The van der Waals surface area contributed by atoms with E-state index in [1.807, 2.05) is 44.2 Å². The van der Waals surface area contributed by atoms with Crippen LogP contribution in [0.5, 0.6) is 0 Å². The molecular weight excluding hydrogens is 360 g/mol. The molecule has 1 aliphatic rings. The summed E-state index contributed by atoms with van der Waals surface area (Å²) in [5.74, 6) is 0. The van der Waals surface area contributed by atoms with E-state index in [0.717, 1.165) is 27.9 Å². The van der Waals surface area contributed by atoms with Crippen molar-refractivity contribution >= 4 is 21.6 Å². The zero-order valence-corrected chi connectivity index (χ0v) is 16.9. The predicted molar refractivity (Wildman–Crippen MR) is 109 cm³/mol. The molecule has 0 saturated carbocycles. The van der Waals surface area contributed by atoms with Crippen molar-refractivity contribution in [2.75, 3.05) is 0 Å². The molecule has 0 N–H and O–H groups in total. The van der Waals surface area contributed by atoms with Crippen molar-refractivity contribution in [3.63, 3.8) is 0 Å². The molecule has 3 aromatic rings. The van der Waals surface area contributed by atoms with E-state index in [9.17, 15) is 9.59 Å². The lowest BCUT2D eigenvalue weighted by Gasteiger charge is -2.30. The summed E-state index contributed by atoms with van der Waals surface area (Å²) in [6.07, 6.45) is 0.756. The minimum Gasteiger partial charge on any atom is -0.370 e. The van der Waals surface area contributed by atoms with Crippen LogP contribution < -0.4 is 11.2 Å². The van der Waals surface area contributed by atoms with Crippen LogP contribution >= 0.6 is 11.3 Å². The van der Waals surface area contributed by atoms with Crippen LogP contribution in [0.3, 0.4) is 0 Å². The number of aromatic nitrogens is 2. The van der Waals surface area contributed by atoms with Gasteiger partial charge in [0.1, 0.15) is 4.70 Å². The van der Waals surface area contributed by atoms with E-state index in [2.05, 4.69) is 13.8 Å². The van der Waals surface area contributed by atoms with Crippen LogP contribution in [-0.2, 0) is 24.3 Å². The third-order valence-electron chi connectivity index (χ3n) is 5.07. The molecule has 0 fully saturated rings. The molecule has 1 aromatic carbocycles. The molecule has 0 bridgehead atoms. The monoisotopic (exact) mass is 384 g/mol. The summed E-state index contributed by atoms with van der Waals surface area (Å²) >= 11 is 1.52. The van der Waals surface area contributed by atoms with E-state index in [4.69, 9.17) is 4.74 Å². The molecule has 27 heavy (non-hydrogen) atoms. The molecule has 5 nitrogen and oxygen atoms in total. The van der Waals surface area contributed by atoms with E-state index in [-0.39, 0.29) is 29.4 Å². The Morgan fingerprint density at radius 1 is 1.19 bits per heavy atom. The Kier molecular flexibility index (Phi) is 4.35. The standard InChI is InChI=1S/C21H24N2O3S/c1-13(2)23-17-15-12-26-21(3,4)10-16(15)27-18(17)19(24)22(20(23)25)11-14-8-6-5-7-9-14/h5-9,13H,10-12H2,1-4H3. The summed E-state index contributed by atoms with van der Waals surface area (Å²) in [7, 11) is 0. The number of rotatable bonds is 3. The topological polar surface area (TPSA) is 53.2 Å². The van der Waals surface area contributed by atoms with Crippen LogP contribution in [0.1, 0.15) is 49.7 Å². The van der Waals surface area contributed by atoms with Crippen LogP contribution in [0.4, 0.5) is 0 Å². The number of fused-ring (bicyclic) bond motifs is 3. The second-order valence-corrected chi connectivity index (χ2v) is 9.14. The first-order chi connectivity index (χ1) is 12.8. The molecule has 1 aliphatic heterocycles. The Labute approximate surface area is 161 Å². The van der Waals surface area contributed by atoms with E-state index in [0.29, 0.717) is 11.3 Å². The molecule has 0 saturated heterocycles. The number of hydrogen-bond acceptors (Lipinski definition) is 4. The van der Waals surface area contributed by atoms with Gasteiger partial charge < -0.3 is 4.74 Å². The first-order valence-electron chi connectivity index (χ1n) is 9.26. The molecule has 6 heteroatoms. The van der Waals surface area contributed by atoms with Crippen LogP contribution in [-0.4, -0.2) is 14.7 Å². The summed E-state index contributed by atoms with van der Waals surface area (Å²) < 4.78 is 9.77. The van der Waals surface area contributed by atoms with Gasteiger partial charge in [0.05, 0.1) is 24.3 Å². The Bertz CT molecular complexity index is 1120. The fraction of sp³-hybridized carbons (Fsp3) is 0.429. The maximum atomic E-state index is 13.3. The van der Waals surface area contributed by atoms with Crippen molar-refractivity contribution in [1.82, 2.24) is 9.13 Å². The second-order valence-electron chi connectivity index (χ2n) is 8.03. The van der Waals surface area contributed by atoms with E-state index in [1.54, 1.807) is 4.57 Å². The lowest BCUT2D eigenvalue weighted by molar-refractivity contribution is -0.0384. The van der Waals surface area contributed by atoms with Crippen molar-refractivity contribution in [3.05, 3.63) is 67.2 Å². The van der Waals surface area contributed by atoms with Gasteiger partial charge in [-0.15, -0.1) is 11.3 Å². The second kappa shape index (κ2) is 6.46. The minimum atomic E-state index is -0.253. The molecular formula is C21H24N2O3S. The Balaban J connectivity index is 2.00. The molecule has 0 amide bonds. The largest absolute Gasteiger partial charge is 0.370 e. The summed E-state index contributed by atoms with van der Waals surface area (Å²) in [4.78, 5) is 27.6. The van der Waals surface area contributed by atoms with E-state index >= 15 is 0 Å². The van der Waals surface area contributed by atoms with Gasteiger partial charge in [-0.25, -0.2) is 4.79 Å². The minimum absolute atomic E-state index is 0.0451. The van der Waals surface area contributed by atoms with Gasteiger partial charge in [0.15, 0.2) is 0 Å². The fourth-order valence-electron chi connectivity index (χ4n) is 3.72. The number of thiophene rings is 1. The lowest BCUT2D eigenvalue weighted by Crippen LogP contribution is -2.41. The molecule has 0 spiro atoms. The summed E-state index contributed by atoms with van der Waals surface area (Å²) in [6.45, 7) is 8.81. The SMILES string of the molecule is CC(C)n1c(=O)n(Cc2ccccc2)c(=O)c2sc3c(c21)COC(C)(C)C3. The van der Waals surface area contributed by atoms with Crippen molar-refractivity contribution in [3.8, 4) is 0 Å². The van der Waals surface area contributed by atoms with Crippen molar-refractivity contribution in [2.24, 2.45) is 0 Å². The normalized spacial score (nSPS) is 16.0. The van der Waals surface area contributed by atoms with Crippen LogP contribution in [0.2, 0.25) is 0 Å². The number of ether oxygens (including phenoxy) is 1. The third-order valence-corrected chi connectivity index (χ3v) is 6.28. The highest BCUT2D eigenvalue weighted by Crippen LogP contribution is 2.37. The summed E-state index contributed by atoms with van der Waals surface area (Å²) in [5.41, 5.74) is 2.01. The van der Waals surface area contributed by atoms with Crippen LogP contribution in [0.25, 0.3) is 10.2 Å². The Morgan fingerprint density at radius 2 is 1.89 bits per heavy atom. The number of hydrogen-bond donors (Lipinski definition) is 0. The van der Waals surface area contributed by atoms with Crippen LogP contribution in [0, 0.1) is 0 Å². The Morgan fingerprint density at radius 3 is 2.56 bits per heavy atom. The van der Waals surface area contributed by atoms with Gasteiger partial charge in [0.25, 0.3) is 5.56 Å².